The molecule has 21 heavy (non-hydrogen) atoms. The maximum absolute atomic E-state index is 11.9. The fraction of sp³-hybridized carbons (Fsp3) is 0.462. The van der Waals surface area contributed by atoms with Gasteiger partial charge >= 0.3 is 5.69 Å². The van der Waals surface area contributed by atoms with Crippen LogP contribution in [0.3, 0.4) is 0 Å². The Morgan fingerprint density at radius 1 is 1.57 bits per heavy atom. The van der Waals surface area contributed by atoms with Crippen molar-refractivity contribution < 1.29 is 14.5 Å². The van der Waals surface area contributed by atoms with Crippen molar-refractivity contribution in [3.05, 3.63) is 33.3 Å². The molecule has 1 amide bonds. The topological polar surface area (TPSA) is 107 Å². The highest BCUT2D eigenvalue weighted by Gasteiger charge is 2.22. The van der Waals surface area contributed by atoms with Crippen molar-refractivity contribution in [3.8, 4) is 5.75 Å². The predicted molar refractivity (Wildman–Crippen MR) is 79.5 cm³/mol. The summed E-state index contributed by atoms with van der Waals surface area (Å²) in [5, 5.41) is 13.8. The summed E-state index contributed by atoms with van der Waals surface area (Å²) in [5.41, 5.74) is 4.91. The molecule has 0 aliphatic heterocycles. The van der Waals surface area contributed by atoms with Gasteiger partial charge in [0.15, 0.2) is 11.9 Å². The third kappa shape index (κ3) is 5.57. The maximum atomic E-state index is 11.9. The fourth-order valence-corrected chi connectivity index (χ4v) is 1.60. The number of carbonyl (C=O) groups is 1. The Morgan fingerprint density at radius 2 is 2.19 bits per heavy atom. The highest BCUT2D eigenvalue weighted by molar-refractivity contribution is 6.30. The number of rotatable bonds is 6. The Bertz CT molecular complexity index is 543. The van der Waals surface area contributed by atoms with Gasteiger partial charge in [0.1, 0.15) is 0 Å². The summed E-state index contributed by atoms with van der Waals surface area (Å²) in [7, 11) is 0. The summed E-state index contributed by atoms with van der Waals surface area (Å²) in [6.45, 7) is 5.30. The Hall–Kier alpha value is -1.86. The number of nitrogens with two attached hydrogens (primary N) is 1. The molecule has 0 aliphatic carbocycles. The molecule has 1 aromatic carbocycles. The number of nitro benzene ring substituents is 1. The van der Waals surface area contributed by atoms with Crippen LogP contribution < -0.4 is 15.8 Å². The molecule has 116 valence electrons. The van der Waals surface area contributed by atoms with Crippen molar-refractivity contribution in [3.63, 3.8) is 0 Å². The highest BCUT2D eigenvalue weighted by atomic mass is 35.5. The van der Waals surface area contributed by atoms with Crippen LogP contribution in [0.5, 0.6) is 5.75 Å². The minimum absolute atomic E-state index is 0.0148. The van der Waals surface area contributed by atoms with E-state index in [1.54, 1.807) is 13.8 Å². The summed E-state index contributed by atoms with van der Waals surface area (Å²) in [5.74, 6) is -0.420. The van der Waals surface area contributed by atoms with Crippen molar-refractivity contribution in [2.24, 2.45) is 5.73 Å². The Morgan fingerprint density at radius 3 is 2.71 bits per heavy atom. The van der Waals surface area contributed by atoms with Crippen molar-refractivity contribution in [2.45, 2.75) is 32.4 Å². The van der Waals surface area contributed by atoms with Crippen molar-refractivity contribution in [1.82, 2.24) is 5.32 Å². The summed E-state index contributed by atoms with van der Waals surface area (Å²) < 4.78 is 5.34. The Balaban J connectivity index is 2.77. The van der Waals surface area contributed by atoms with Gasteiger partial charge in [0, 0.05) is 23.2 Å². The normalized spacial score (nSPS) is 12.6. The van der Waals surface area contributed by atoms with Gasteiger partial charge in [0.25, 0.3) is 5.91 Å². The number of amides is 1. The number of ether oxygens (including phenoxy) is 1. The molecular formula is C13H18ClN3O4. The molecule has 0 bridgehead atoms. The SMILES string of the molecule is CC(Oc1ccc(Cl)cc1[N+](=O)[O-])C(=O)NCC(C)(C)N. The Labute approximate surface area is 127 Å². The van der Waals surface area contributed by atoms with Crippen molar-refractivity contribution in [1.29, 1.82) is 0 Å². The number of hydrogen-bond acceptors (Lipinski definition) is 5. The first-order valence-corrected chi connectivity index (χ1v) is 6.65. The van der Waals surface area contributed by atoms with Gasteiger partial charge in [-0.1, -0.05) is 11.6 Å². The molecule has 0 radical (unpaired) electrons. The lowest BCUT2D eigenvalue weighted by atomic mass is 10.1. The second-order valence-corrected chi connectivity index (χ2v) is 5.77. The van der Waals surface area contributed by atoms with Gasteiger partial charge in [-0.15, -0.1) is 0 Å². The van der Waals surface area contributed by atoms with E-state index in [2.05, 4.69) is 5.32 Å². The average molecular weight is 316 g/mol. The molecule has 0 saturated heterocycles. The van der Waals surface area contributed by atoms with E-state index in [1.165, 1.54) is 25.1 Å². The van der Waals surface area contributed by atoms with Gasteiger partial charge in [0.2, 0.25) is 0 Å². The first-order chi connectivity index (χ1) is 9.60. The third-order valence-corrected chi connectivity index (χ3v) is 2.74. The average Bonchev–Trinajstić information content (AvgIpc) is 2.36. The first kappa shape index (κ1) is 17.2. The Kier molecular flexibility index (Phi) is 5.51. The molecule has 1 unspecified atom stereocenters. The lowest BCUT2D eigenvalue weighted by molar-refractivity contribution is -0.386. The van der Waals surface area contributed by atoms with Gasteiger partial charge in [-0.3, -0.25) is 14.9 Å². The zero-order chi connectivity index (χ0) is 16.2. The quantitative estimate of drug-likeness (QED) is 0.615. The van der Waals surface area contributed by atoms with Gasteiger partial charge < -0.3 is 15.8 Å². The van der Waals surface area contributed by atoms with E-state index >= 15 is 0 Å². The molecule has 0 heterocycles. The molecule has 1 aromatic rings. The molecule has 8 heteroatoms. The smallest absolute Gasteiger partial charge is 0.312 e. The maximum Gasteiger partial charge on any atom is 0.312 e. The number of nitro groups is 1. The van der Waals surface area contributed by atoms with E-state index in [0.29, 0.717) is 0 Å². The van der Waals surface area contributed by atoms with Crippen LogP contribution >= 0.6 is 11.6 Å². The number of nitrogens with zero attached hydrogens (tertiary/aromatic N) is 1. The number of benzene rings is 1. The molecule has 0 fully saturated rings. The number of halogens is 1. The van der Waals surface area contributed by atoms with Crippen molar-refractivity contribution in [2.75, 3.05) is 6.54 Å². The molecule has 0 aliphatic rings. The zero-order valence-corrected chi connectivity index (χ0v) is 12.8. The van der Waals surface area contributed by atoms with Crippen LogP contribution in [-0.2, 0) is 4.79 Å². The molecular weight excluding hydrogens is 298 g/mol. The lowest BCUT2D eigenvalue weighted by Gasteiger charge is -2.21. The minimum atomic E-state index is -0.896. The van der Waals surface area contributed by atoms with Crippen LogP contribution in [0.25, 0.3) is 0 Å². The van der Waals surface area contributed by atoms with E-state index < -0.39 is 22.5 Å². The van der Waals surface area contributed by atoms with Gasteiger partial charge in [-0.2, -0.15) is 0 Å². The van der Waals surface area contributed by atoms with E-state index in [0.717, 1.165) is 0 Å². The van der Waals surface area contributed by atoms with E-state index in [1.807, 2.05) is 0 Å². The van der Waals surface area contributed by atoms with Crippen molar-refractivity contribution >= 4 is 23.2 Å². The van der Waals surface area contributed by atoms with Crippen LogP contribution in [0.4, 0.5) is 5.69 Å². The zero-order valence-electron chi connectivity index (χ0n) is 12.1. The van der Waals surface area contributed by atoms with Crippen LogP contribution in [0.15, 0.2) is 18.2 Å². The van der Waals surface area contributed by atoms with Gasteiger partial charge in [-0.25, -0.2) is 0 Å². The number of carbonyl (C=O) groups excluding carboxylic acids is 1. The van der Waals surface area contributed by atoms with Gasteiger partial charge in [0.05, 0.1) is 4.92 Å². The standard InChI is InChI=1S/C13H18ClN3O4/c1-8(12(18)16-7-13(2,3)15)21-11-5-4-9(14)6-10(11)17(19)20/h4-6,8H,7,15H2,1-3H3,(H,16,18). The summed E-state index contributed by atoms with van der Waals surface area (Å²) >= 11 is 5.71. The largest absolute Gasteiger partial charge is 0.474 e. The minimum Gasteiger partial charge on any atom is -0.474 e. The monoisotopic (exact) mass is 315 g/mol. The molecule has 1 rings (SSSR count). The second-order valence-electron chi connectivity index (χ2n) is 5.34. The summed E-state index contributed by atoms with van der Waals surface area (Å²) in [4.78, 5) is 22.2. The number of nitrogens with one attached hydrogen (secondary N) is 1. The van der Waals surface area contributed by atoms with Crippen LogP contribution in [-0.4, -0.2) is 29.0 Å². The summed E-state index contributed by atoms with van der Waals surface area (Å²) in [6.07, 6.45) is -0.896. The first-order valence-electron chi connectivity index (χ1n) is 6.27. The molecule has 0 aromatic heterocycles. The van der Waals surface area contributed by atoms with Crippen LogP contribution in [0.2, 0.25) is 5.02 Å². The third-order valence-electron chi connectivity index (χ3n) is 2.51. The highest BCUT2D eigenvalue weighted by Crippen LogP contribution is 2.30. The number of hydrogen-bond donors (Lipinski definition) is 2. The molecule has 0 saturated carbocycles. The predicted octanol–water partition coefficient (Wildman–Crippen LogP) is 1.87. The summed E-state index contributed by atoms with van der Waals surface area (Å²) in [6, 6.07) is 3.99. The van der Waals surface area contributed by atoms with E-state index in [-0.39, 0.29) is 23.0 Å². The van der Waals surface area contributed by atoms with E-state index in [9.17, 15) is 14.9 Å². The second kappa shape index (κ2) is 6.73. The van der Waals surface area contributed by atoms with Gasteiger partial charge in [-0.05, 0) is 32.9 Å². The molecule has 1 atom stereocenters. The van der Waals surface area contributed by atoms with Crippen LogP contribution in [0, 0.1) is 10.1 Å². The molecule has 0 spiro atoms. The molecule has 7 nitrogen and oxygen atoms in total. The molecule has 3 N–H and O–H groups in total. The van der Waals surface area contributed by atoms with E-state index in [4.69, 9.17) is 22.1 Å². The fourth-order valence-electron chi connectivity index (χ4n) is 1.44. The lowest BCUT2D eigenvalue weighted by Crippen LogP contribution is -2.48. The van der Waals surface area contributed by atoms with Crippen LogP contribution in [0.1, 0.15) is 20.8 Å².